The highest BCUT2D eigenvalue weighted by atomic mass is 16.5. The molecule has 1 heterocycles. The zero-order chi connectivity index (χ0) is 12.6. The lowest BCUT2D eigenvalue weighted by atomic mass is 9.50. The number of ether oxygens (including phenoxy) is 2. The molecule has 0 bridgehead atoms. The van der Waals surface area contributed by atoms with Crippen molar-refractivity contribution in [3.8, 4) is 11.8 Å². The molecule has 0 amide bonds. The standard InChI is InChI=1S/C15H17NO2/c1-2-18-13-5-3-12(4-6-13)15(9-16)7-14(8-15)10-17-11-14/h3-6H,2,7-8,10-11H2,1H3. The molecule has 0 N–H and O–H groups in total. The number of nitrogens with zero attached hydrogens (tertiary/aromatic N) is 1. The van der Waals surface area contributed by atoms with Crippen molar-refractivity contribution < 1.29 is 9.47 Å². The van der Waals surface area contributed by atoms with Crippen LogP contribution in [0.25, 0.3) is 0 Å². The zero-order valence-corrected chi connectivity index (χ0v) is 10.6. The summed E-state index contributed by atoms with van der Waals surface area (Å²) in [6.07, 6.45) is 1.87. The van der Waals surface area contributed by atoms with Crippen LogP contribution >= 0.6 is 0 Å². The molecule has 18 heavy (non-hydrogen) atoms. The van der Waals surface area contributed by atoms with E-state index in [0.717, 1.165) is 37.4 Å². The summed E-state index contributed by atoms with van der Waals surface area (Å²) >= 11 is 0. The molecule has 1 aromatic carbocycles. The Kier molecular flexibility index (Phi) is 2.57. The van der Waals surface area contributed by atoms with E-state index in [1.165, 1.54) is 0 Å². The van der Waals surface area contributed by atoms with Gasteiger partial charge >= 0.3 is 0 Å². The van der Waals surface area contributed by atoms with E-state index in [9.17, 15) is 5.26 Å². The fraction of sp³-hybridized carbons (Fsp3) is 0.533. The van der Waals surface area contributed by atoms with Gasteiger partial charge in [0.1, 0.15) is 5.75 Å². The first kappa shape index (κ1) is 11.6. The Morgan fingerprint density at radius 2 is 1.94 bits per heavy atom. The van der Waals surface area contributed by atoms with Crippen molar-refractivity contribution in [3.05, 3.63) is 29.8 Å². The van der Waals surface area contributed by atoms with Crippen LogP contribution < -0.4 is 4.74 Å². The van der Waals surface area contributed by atoms with E-state index in [1.54, 1.807) is 0 Å². The van der Waals surface area contributed by atoms with E-state index in [4.69, 9.17) is 9.47 Å². The minimum absolute atomic E-state index is 0.297. The number of nitriles is 1. The average molecular weight is 243 g/mol. The lowest BCUT2D eigenvalue weighted by Crippen LogP contribution is -2.59. The first-order valence-electron chi connectivity index (χ1n) is 6.44. The summed E-state index contributed by atoms with van der Waals surface area (Å²) in [5.74, 6) is 0.871. The van der Waals surface area contributed by atoms with Crippen LogP contribution in [-0.4, -0.2) is 19.8 Å². The van der Waals surface area contributed by atoms with E-state index >= 15 is 0 Å². The van der Waals surface area contributed by atoms with Crippen molar-refractivity contribution in [2.45, 2.75) is 25.2 Å². The SMILES string of the molecule is CCOc1ccc(C2(C#N)CC3(COC3)C2)cc1. The first-order valence-corrected chi connectivity index (χ1v) is 6.44. The predicted molar refractivity (Wildman–Crippen MR) is 67.4 cm³/mol. The van der Waals surface area contributed by atoms with Crippen LogP contribution in [0.2, 0.25) is 0 Å². The van der Waals surface area contributed by atoms with Gasteiger partial charge in [-0.3, -0.25) is 0 Å². The molecule has 1 aliphatic heterocycles. The molecule has 1 spiro atoms. The Labute approximate surface area is 107 Å². The smallest absolute Gasteiger partial charge is 0.119 e. The second-order valence-electron chi connectivity index (χ2n) is 5.50. The molecule has 3 rings (SSSR count). The lowest BCUT2D eigenvalue weighted by Gasteiger charge is -2.57. The summed E-state index contributed by atoms with van der Waals surface area (Å²) in [6, 6.07) is 10.5. The molecule has 1 aliphatic carbocycles. The van der Waals surface area contributed by atoms with Crippen LogP contribution in [0.3, 0.4) is 0 Å². The summed E-state index contributed by atoms with van der Waals surface area (Å²) < 4.78 is 10.7. The molecule has 2 fully saturated rings. The lowest BCUT2D eigenvalue weighted by molar-refractivity contribution is -0.178. The van der Waals surface area contributed by atoms with E-state index in [1.807, 2.05) is 31.2 Å². The molecule has 1 saturated carbocycles. The predicted octanol–water partition coefficient (Wildman–Crippen LogP) is 2.66. The Bertz CT molecular complexity index is 474. The molecule has 1 saturated heterocycles. The van der Waals surface area contributed by atoms with Crippen molar-refractivity contribution in [2.75, 3.05) is 19.8 Å². The molecule has 3 heteroatoms. The molecule has 2 aliphatic rings. The van der Waals surface area contributed by atoms with E-state index in [0.29, 0.717) is 12.0 Å². The van der Waals surface area contributed by atoms with E-state index < -0.39 is 0 Å². The zero-order valence-electron chi connectivity index (χ0n) is 10.6. The van der Waals surface area contributed by atoms with E-state index in [2.05, 4.69) is 6.07 Å². The number of hydrogen-bond acceptors (Lipinski definition) is 3. The van der Waals surface area contributed by atoms with Crippen LogP contribution in [0.15, 0.2) is 24.3 Å². The second-order valence-corrected chi connectivity index (χ2v) is 5.50. The minimum Gasteiger partial charge on any atom is -0.494 e. The van der Waals surface area contributed by atoms with Gasteiger partial charge in [0, 0.05) is 5.41 Å². The summed E-state index contributed by atoms with van der Waals surface area (Å²) in [5, 5.41) is 9.49. The summed E-state index contributed by atoms with van der Waals surface area (Å²) in [6.45, 7) is 4.29. The van der Waals surface area contributed by atoms with Gasteiger partial charge in [0.25, 0.3) is 0 Å². The second kappa shape index (κ2) is 4.00. The highest BCUT2D eigenvalue weighted by molar-refractivity contribution is 5.41. The highest BCUT2D eigenvalue weighted by Crippen LogP contribution is 2.58. The van der Waals surface area contributed by atoms with Crippen LogP contribution in [0.5, 0.6) is 5.75 Å². The first-order chi connectivity index (χ1) is 8.72. The van der Waals surface area contributed by atoms with Gasteiger partial charge in [-0.1, -0.05) is 12.1 Å². The molecule has 94 valence electrons. The van der Waals surface area contributed by atoms with Gasteiger partial charge < -0.3 is 9.47 Å². The third-order valence-corrected chi connectivity index (χ3v) is 4.10. The van der Waals surface area contributed by atoms with Gasteiger partial charge in [-0.25, -0.2) is 0 Å². The van der Waals surface area contributed by atoms with Gasteiger partial charge in [-0.15, -0.1) is 0 Å². The van der Waals surface area contributed by atoms with Crippen molar-refractivity contribution in [1.82, 2.24) is 0 Å². The normalized spacial score (nSPS) is 22.7. The fourth-order valence-corrected chi connectivity index (χ4v) is 3.21. The quantitative estimate of drug-likeness (QED) is 0.819. The Morgan fingerprint density at radius 3 is 2.39 bits per heavy atom. The molecule has 0 unspecified atom stereocenters. The molecule has 0 radical (unpaired) electrons. The molecule has 1 aromatic rings. The highest BCUT2D eigenvalue weighted by Gasteiger charge is 2.59. The molecule has 0 atom stereocenters. The fourth-order valence-electron chi connectivity index (χ4n) is 3.21. The molecule has 0 aromatic heterocycles. The topological polar surface area (TPSA) is 42.2 Å². The molecular weight excluding hydrogens is 226 g/mol. The van der Waals surface area contributed by atoms with Crippen molar-refractivity contribution in [1.29, 1.82) is 5.26 Å². The minimum atomic E-state index is -0.297. The van der Waals surface area contributed by atoms with Crippen molar-refractivity contribution in [3.63, 3.8) is 0 Å². The molecule has 3 nitrogen and oxygen atoms in total. The van der Waals surface area contributed by atoms with Gasteiger partial charge in [0.05, 0.1) is 31.3 Å². The third-order valence-electron chi connectivity index (χ3n) is 4.10. The van der Waals surface area contributed by atoms with E-state index in [-0.39, 0.29) is 5.41 Å². The van der Waals surface area contributed by atoms with Gasteiger partial charge in [0.2, 0.25) is 0 Å². The number of hydrogen-bond donors (Lipinski definition) is 0. The maximum absolute atomic E-state index is 9.49. The third kappa shape index (κ3) is 1.60. The maximum atomic E-state index is 9.49. The molecular formula is C15H17NO2. The number of rotatable bonds is 3. The Morgan fingerprint density at radius 1 is 1.28 bits per heavy atom. The monoisotopic (exact) mass is 243 g/mol. The van der Waals surface area contributed by atoms with Crippen molar-refractivity contribution >= 4 is 0 Å². The van der Waals surface area contributed by atoms with Gasteiger partial charge in [0.15, 0.2) is 0 Å². The Hall–Kier alpha value is -1.53. The number of benzene rings is 1. The van der Waals surface area contributed by atoms with Crippen molar-refractivity contribution in [2.24, 2.45) is 5.41 Å². The summed E-state index contributed by atoms with van der Waals surface area (Å²) in [5.41, 5.74) is 1.12. The van der Waals surface area contributed by atoms with Crippen LogP contribution in [-0.2, 0) is 10.2 Å². The van der Waals surface area contributed by atoms with Crippen LogP contribution in [0.1, 0.15) is 25.3 Å². The summed E-state index contributed by atoms with van der Waals surface area (Å²) in [7, 11) is 0. The summed E-state index contributed by atoms with van der Waals surface area (Å²) in [4.78, 5) is 0. The Balaban J connectivity index is 1.79. The van der Waals surface area contributed by atoms with Crippen LogP contribution in [0.4, 0.5) is 0 Å². The maximum Gasteiger partial charge on any atom is 0.119 e. The van der Waals surface area contributed by atoms with Gasteiger partial charge in [-0.2, -0.15) is 5.26 Å². The average Bonchev–Trinajstić information content (AvgIpc) is 2.29. The van der Waals surface area contributed by atoms with Gasteiger partial charge in [-0.05, 0) is 37.5 Å². The van der Waals surface area contributed by atoms with Crippen LogP contribution in [0, 0.1) is 16.7 Å². The largest absolute Gasteiger partial charge is 0.494 e.